The minimum absolute atomic E-state index is 0. The van der Waals surface area contributed by atoms with Gasteiger partial charge in [-0.05, 0) is 31.2 Å². The molecule has 0 bridgehead atoms. The molecule has 0 spiro atoms. The van der Waals surface area contributed by atoms with E-state index in [0.717, 1.165) is 22.0 Å². The molecule has 0 aliphatic heterocycles. The van der Waals surface area contributed by atoms with Gasteiger partial charge < -0.3 is 15.4 Å². The smallest absolute Gasteiger partial charge is 0.416 e. The van der Waals surface area contributed by atoms with Crippen LogP contribution in [0, 0.1) is 6.92 Å². The number of guanidine groups is 1. The summed E-state index contributed by atoms with van der Waals surface area (Å²) in [5, 5.41) is 7.15. The Labute approximate surface area is 171 Å². The zero-order chi connectivity index (χ0) is 18.3. The minimum atomic E-state index is -4.34. The van der Waals surface area contributed by atoms with Crippen LogP contribution in [0.25, 0.3) is 0 Å². The third-order valence-electron chi connectivity index (χ3n) is 3.14. The van der Waals surface area contributed by atoms with Crippen LogP contribution in [0.2, 0.25) is 0 Å². The summed E-state index contributed by atoms with van der Waals surface area (Å²) in [4.78, 5) is 9.48. The highest BCUT2D eigenvalue weighted by atomic mass is 127. The minimum Gasteiger partial charge on any atom is -0.492 e. The van der Waals surface area contributed by atoms with Crippen molar-refractivity contribution in [1.82, 2.24) is 15.6 Å². The number of nitrogens with one attached hydrogen (secondary N) is 2. The van der Waals surface area contributed by atoms with Gasteiger partial charge in [0.15, 0.2) is 5.96 Å². The van der Waals surface area contributed by atoms with Crippen LogP contribution in [-0.2, 0) is 12.7 Å². The second-order valence-corrected chi connectivity index (χ2v) is 6.41. The van der Waals surface area contributed by atoms with Crippen LogP contribution in [0.4, 0.5) is 13.2 Å². The van der Waals surface area contributed by atoms with Gasteiger partial charge in [0.25, 0.3) is 0 Å². The summed E-state index contributed by atoms with van der Waals surface area (Å²) in [6.07, 6.45) is -2.52. The number of aromatic nitrogens is 1. The van der Waals surface area contributed by atoms with E-state index in [0.29, 0.717) is 31.4 Å². The molecule has 1 aromatic heterocycles. The second kappa shape index (κ2) is 10.6. The van der Waals surface area contributed by atoms with Crippen molar-refractivity contribution in [3.05, 3.63) is 45.9 Å². The van der Waals surface area contributed by atoms with Gasteiger partial charge in [0.2, 0.25) is 0 Å². The summed E-state index contributed by atoms with van der Waals surface area (Å²) < 4.78 is 42.8. The first-order valence-electron chi connectivity index (χ1n) is 7.54. The third-order valence-corrected chi connectivity index (χ3v) is 4.06. The Balaban J connectivity index is 0.00000338. The quantitative estimate of drug-likeness (QED) is 0.274. The maximum atomic E-state index is 12.5. The molecule has 144 valence electrons. The fraction of sp³-hybridized carbons (Fsp3) is 0.375. The van der Waals surface area contributed by atoms with E-state index >= 15 is 0 Å². The van der Waals surface area contributed by atoms with Crippen LogP contribution in [-0.4, -0.2) is 31.1 Å². The maximum absolute atomic E-state index is 12.5. The fourth-order valence-electron chi connectivity index (χ4n) is 1.94. The lowest BCUT2D eigenvalue weighted by Crippen LogP contribution is -2.38. The Kier molecular flexibility index (Phi) is 9.13. The largest absolute Gasteiger partial charge is 0.492 e. The van der Waals surface area contributed by atoms with Crippen molar-refractivity contribution in [2.75, 3.05) is 20.2 Å². The number of benzene rings is 1. The van der Waals surface area contributed by atoms with Crippen molar-refractivity contribution < 1.29 is 17.9 Å². The fourth-order valence-corrected chi connectivity index (χ4v) is 2.67. The predicted molar refractivity (Wildman–Crippen MR) is 107 cm³/mol. The molecule has 0 saturated carbocycles. The van der Waals surface area contributed by atoms with Crippen LogP contribution in [0.1, 0.15) is 15.4 Å². The van der Waals surface area contributed by atoms with E-state index in [1.807, 2.05) is 13.1 Å². The molecule has 2 N–H and O–H groups in total. The van der Waals surface area contributed by atoms with Crippen molar-refractivity contribution in [1.29, 1.82) is 0 Å². The van der Waals surface area contributed by atoms with Crippen molar-refractivity contribution in [2.24, 2.45) is 4.99 Å². The number of hydrogen-bond donors (Lipinski definition) is 2. The van der Waals surface area contributed by atoms with Crippen molar-refractivity contribution in [3.8, 4) is 5.75 Å². The van der Waals surface area contributed by atoms with Crippen LogP contribution in [0.3, 0.4) is 0 Å². The van der Waals surface area contributed by atoms with E-state index in [1.165, 1.54) is 12.1 Å². The molecule has 0 unspecified atom stereocenters. The van der Waals surface area contributed by atoms with Gasteiger partial charge in [-0.15, -0.1) is 35.3 Å². The van der Waals surface area contributed by atoms with E-state index in [1.54, 1.807) is 18.4 Å². The standard InChI is InChI=1S/C16H19F3N4OS.HI/c1-11-9-22-14(25-11)10-23-15(20-2)21-7-8-24-13-5-3-12(4-6-13)16(17,18)19;/h3-6,9H,7-8,10H2,1-2H3,(H2,20,21,23);1H. The molecule has 2 rings (SSSR count). The molecule has 1 aromatic carbocycles. The van der Waals surface area contributed by atoms with Gasteiger partial charge in [-0.1, -0.05) is 0 Å². The SMILES string of the molecule is CN=C(NCCOc1ccc(C(F)(F)F)cc1)NCc1ncc(C)s1.I. The number of ether oxygens (including phenoxy) is 1. The summed E-state index contributed by atoms with van der Waals surface area (Å²) in [5.41, 5.74) is -0.694. The molecule has 0 atom stereocenters. The molecular formula is C16H20F3IN4OS. The Hall–Kier alpha value is -1.56. The molecule has 5 nitrogen and oxygen atoms in total. The predicted octanol–water partition coefficient (Wildman–Crippen LogP) is 3.83. The molecule has 0 saturated heterocycles. The van der Waals surface area contributed by atoms with Gasteiger partial charge >= 0.3 is 6.18 Å². The molecule has 0 aliphatic rings. The first kappa shape index (κ1) is 22.5. The summed E-state index contributed by atoms with van der Waals surface area (Å²) in [6, 6.07) is 4.61. The molecule has 0 radical (unpaired) electrons. The van der Waals surface area contributed by atoms with Crippen LogP contribution in [0.15, 0.2) is 35.5 Å². The average molecular weight is 500 g/mol. The van der Waals surface area contributed by atoms with E-state index in [-0.39, 0.29) is 24.0 Å². The zero-order valence-corrected chi connectivity index (χ0v) is 17.4. The number of thiazole rings is 1. The Morgan fingerprint density at radius 1 is 1.23 bits per heavy atom. The number of alkyl halides is 3. The van der Waals surface area contributed by atoms with Gasteiger partial charge in [-0.2, -0.15) is 13.2 Å². The first-order chi connectivity index (χ1) is 11.9. The van der Waals surface area contributed by atoms with E-state index in [4.69, 9.17) is 4.74 Å². The molecule has 26 heavy (non-hydrogen) atoms. The number of halogens is 4. The van der Waals surface area contributed by atoms with Crippen LogP contribution < -0.4 is 15.4 Å². The molecule has 1 heterocycles. The molecular weight excluding hydrogens is 480 g/mol. The highest BCUT2D eigenvalue weighted by Crippen LogP contribution is 2.30. The topological polar surface area (TPSA) is 58.5 Å². The Bertz CT molecular complexity index is 704. The molecule has 0 amide bonds. The van der Waals surface area contributed by atoms with Crippen LogP contribution in [0.5, 0.6) is 5.75 Å². The van der Waals surface area contributed by atoms with Gasteiger partial charge in [-0.25, -0.2) is 4.98 Å². The number of aryl methyl sites for hydroxylation is 1. The van der Waals surface area contributed by atoms with Gasteiger partial charge in [0.05, 0.1) is 18.7 Å². The summed E-state index contributed by atoms with van der Waals surface area (Å²) in [7, 11) is 1.65. The van der Waals surface area contributed by atoms with E-state index in [2.05, 4.69) is 20.6 Å². The molecule has 0 fully saturated rings. The number of nitrogens with zero attached hydrogens (tertiary/aromatic N) is 2. The van der Waals surface area contributed by atoms with Gasteiger partial charge in [0.1, 0.15) is 17.4 Å². The molecule has 10 heteroatoms. The maximum Gasteiger partial charge on any atom is 0.416 e. The normalized spacial score (nSPS) is 11.7. The van der Waals surface area contributed by atoms with E-state index in [9.17, 15) is 13.2 Å². The average Bonchev–Trinajstić information content (AvgIpc) is 2.99. The summed E-state index contributed by atoms with van der Waals surface area (Å²) >= 11 is 1.61. The summed E-state index contributed by atoms with van der Waals surface area (Å²) in [6.45, 7) is 3.31. The summed E-state index contributed by atoms with van der Waals surface area (Å²) in [5.74, 6) is 0.986. The van der Waals surface area contributed by atoms with Crippen molar-refractivity contribution >= 4 is 41.3 Å². The highest BCUT2D eigenvalue weighted by Gasteiger charge is 2.29. The lowest BCUT2D eigenvalue weighted by atomic mass is 10.2. The third kappa shape index (κ3) is 7.36. The number of rotatable bonds is 6. The highest BCUT2D eigenvalue weighted by molar-refractivity contribution is 14.0. The van der Waals surface area contributed by atoms with Crippen LogP contribution >= 0.6 is 35.3 Å². The van der Waals surface area contributed by atoms with Crippen molar-refractivity contribution in [2.45, 2.75) is 19.6 Å². The molecule has 2 aromatic rings. The van der Waals surface area contributed by atoms with Crippen molar-refractivity contribution in [3.63, 3.8) is 0 Å². The molecule has 0 aliphatic carbocycles. The van der Waals surface area contributed by atoms with Gasteiger partial charge in [-0.3, -0.25) is 4.99 Å². The second-order valence-electron chi connectivity index (χ2n) is 5.09. The monoisotopic (exact) mass is 500 g/mol. The van der Waals surface area contributed by atoms with Gasteiger partial charge in [0, 0.05) is 18.1 Å². The lowest BCUT2D eigenvalue weighted by molar-refractivity contribution is -0.137. The Morgan fingerprint density at radius 3 is 2.46 bits per heavy atom. The first-order valence-corrected chi connectivity index (χ1v) is 8.36. The zero-order valence-electron chi connectivity index (χ0n) is 14.3. The number of hydrogen-bond acceptors (Lipinski definition) is 4. The lowest BCUT2D eigenvalue weighted by Gasteiger charge is -2.12. The number of aliphatic imine (C=N–C) groups is 1. The Morgan fingerprint density at radius 2 is 1.92 bits per heavy atom. The van der Waals surface area contributed by atoms with E-state index < -0.39 is 11.7 Å².